The van der Waals surface area contributed by atoms with E-state index >= 15 is 0 Å². The summed E-state index contributed by atoms with van der Waals surface area (Å²) in [6.45, 7) is 0.907. The van der Waals surface area contributed by atoms with Gasteiger partial charge in [-0.15, -0.1) is 0 Å². The van der Waals surface area contributed by atoms with Crippen LogP contribution in [0.15, 0.2) is 72.8 Å². The molecule has 168 valence electrons. The van der Waals surface area contributed by atoms with E-state index < -0.39 is 0 Å². The highest BCUT2D eigenvalue weighted by Gasteiger charge is 2.17. The quantitative estimate of drug-likeness (QED) is 0.448. The van der Waals surface area contributed by atoms with Crippen LogP contribution < -0.4 is 18.9 Å². The Morgan fingerprint density at radius 1 is 0.781 bits per heavy atom. The molecule has 1 amide bonds. The highest BCUT2D eigenvalue weighted by molar-refractivity contribution is 5.78. The second-order valence-corrected chi connectivity index (χ2v) is 7.17. The molecular formula is C26H29NO5. The first-order valence-corrected chi connectivity index (χ1v) is 10.4. The largest absolute Gasteiger partial charge is 0.496 e. The molecule has 6 heteroatoms. The molecule has 0 unspecified atom stereocenters. The summed E-state index contributed by atoms with van der Waals surface area (Å²) >= 11 is 0. The minimum absolute atomic E-state index is 0.0366. The van der Waals surface area contributed by atoms with Gasteiger partial charge in [0.05, 0.1) is 21.3 Å². The van der Waals surface area contributed by atoms with Crippen molar-refractivity contribution in [2.75, 3.05) is 34.5 Å². The van der Waals surface area contributed by atoms with Crippen molar-refractivity contribution in [3.63, 3.8) is 0 Å². The van der Waals surface area contributed by atoms with E-state index in [2.05, 4.69) is 0 Å². The van der Waals surface area contributed by atoms with E-state index in [1.807, 2.05) is 72.8 Å². The first-order chi connectivity index (χ1) is 15.6. The van der Waals surface area contributed by atoms with Crippen LogP contribution in [0.2, 0.25) is 0 Å². The van der Waals surface area contributed by atoms with Crippen LogP contribution in [0.1, 0.15) is 11.1 Å². The first kappa shape index (κ1) is 23.0. The maximum atomic E-state index is 13.1. The van der Waals surface area contributed by atoms with E-state index in [-0.39, 0.29) is 12.5 Å². The molecule has 3 aromatic rings. The molecule has 6 nitrogen and oxygen atoms in total. The maximum Gasteiger partial charge on any atom is 0.260 e. The van der Waals surface area contributed by atoms with Gasteiger partial charge in [0, 0.05) is 18.7 Å². The molecule has 0 aliphatic rings. The second-order valence-electron chi connectivity index (χ2n) is 7.17. The zero-order valence-electron chi connectivity index (χ0n) is 18.7. The zero-order valence-corrected chi connectivity index (χ0v) is 18.7. The normalized spacial score (nSPS) is 10.3. The summed E-state index contributed by atoms with van der Waals surface area (Å²) in [7, 11) is 4.85. The Labute approximate surface area is 189 Å². The van der Waals surface area contributed by atoms with E-state index in [1.54, 1.807) is 26.2 Å². The fourth-order valence-corrected chi connectivity index (χ4v) is 3.38. The summed E-state index contributed by atoms with van der Waals surface area (Å²) in [5, 5.41) is 0. The lowest BCUT2D eigenvalue weighted by Gasteiger charge is -2.24. The molecule has 0 atom stereocenters. The smallest absolute Gasteiger partial charge is 0.260 e. The molecule has 0 N–H and O–H groups in total. The predicted molar refractivity (Wildman–Crippen MR) is 124 cm³/mol. The number of benzene rings is 3. The van der Waals surface area contributed by atoms with E-state index in [4.69, 9.17) is 18.9 Å². The van der Waals surface area contributed by atoms with Crippen LogP contribution in [0.3, 0.4) is 0 Å². The average Bonchev–Trinajstić information content (AvgIpc) is 2.85. The van der Waals surface area contributed by atoms with Gasteiger partial charge in [-0.2, -0.15) is 0 Å². The molecule has 0 saturated carbocycles. The molecule has 0 aliphatic heterocycles. The van der Waals surface area contributed by atoms with Crippen molar-refractivity contribution in [2.24, 2.45) is 0 Å². The topological polar surface area (TPSA) is 57.2 Å². The Morgan fingerprint density at radius 3 is 2.19 bits per heavy atom. The van der Waals surface area contributed by atoms with Crippen molar-refractivity contribution < 1.29 is 23.7 Å². The predicted octanol–water partition coefficient (Wildman–Crippen LogP) is 4.36. The number of ether oxygens (including phenoxy) is 4. The lowest BCUT2D eigenvalue weighted by molar-refractivity contribution is -0.134. The van der Waals surface area contributed by atoms with Crippen LogP contribution in [0.5, 0.6) is 23.0 Å². The molecular weight excluding hydrogens is 406 g/mol. The van der Waals surface area contributed by atoms with Gasteiger partial charge in [0.1, 0.15) is 11.5 Å². The molecule has 0 radical (unpaired) electrons. The first-order valence-electron chi connectivity index (χ1n) is 10.4. The van der Waals surface area contributed by atoms with Crippen LogP contribution in [-0.2, 0) is 17.8 Å². The van der Waals surface area contributed by atoms with Gasteiger partial charge in [-0.05, 0) is 42.3 Å². The molecule has 0 heterocycles. The molecule has 0 aromatic heterocycles. The Morgan fingerprint density at radius 2 is 1.47 bits per heavy atom. The number of carbonyl (C=O) groups is 1. The van der Waals surface area contributed by atoms with Crippen LogP contribution >= 0.6 is 0 Å². The van der Waals surface area contributed by atoms with Crippen LogP contribution in [0.4, 0.5) is 0 Å². The second kappa shape index (κ2) is 11.6. The van der Waals surface area contributed by atoms with Crippen molar-refractivity contribution in [3.8, 4) is 23.0 Å². The van der Waals surface area contributed by atoms with Crippen molar-refractivity contribution in [3.05, 3.63) is 83.9 Å². The Kier molecular flexibility index (Phi) is 8.37. The fourth-order valence-electron chi connectivity index (χ4n) is 3.38. The number of nitrogens with zero attached hydrogens (tertiary/aromatic N) is 1. The average molecular weight is 436 g/mol. The van der Waals surface area contributed by atoms with Crippen LogP contribution in [0, 0.1) is 0 Å². The van der Waals surface area contributed by atoms with Gasteiger partial charge in [0.15, 0.2) is 18.1 Å². The summed E-state index contributed by atoms with van der Waals surface area (Å²) in [5.74, 6) is 2.66. The third-order valence-corrected chi connectivity index (χ3v) is 5.13. The number of methoxy groups -OCH3 is 3. The van der Waals surface area contributed by atoms with Gasteiger partial charge >= 0.3 is 0 Å². The van der Waals surface area contributed by atoms with Gasteiger partial charge in [0.2, 0.25) is 0 Å². The van der Waals surface area contributed by atoms with Crippen molar-refractivity contribution in [1.82, 2.24) is 4.90 Å². The van der Waals surface area contributed by atoms with Gasteiger partial charge in [0.25, 0.3) is 5.91 Å². The Balaban J connectivity index is 1.74. The molecule has 3 rings (SSSR count). The summed E-state index contributed by atoms with van der Waals surface area (Å²) in [5.41, 5.74) is 1.99. The Bertz CT molecular complexity index is 1010. The minimum atomic E-state index is -0.0970. The molecule has 0 aliphatic carbocycles. The number of amides is 1. The molecule has 32 heavy (non-hydrogen) atoms. The maximum absolute atomic E-state index is 13.1. The van der Waals surface area contributed by atoms with E-state index in [9.17, 15) is 4.79 Å². The highest BCUT2D eigenvalue weighted by Crippen LogP contribution is 2.28. The van der Waals surface area contributed by atoms with Crippen molar-refractivity contribution in [1.29, 1.82) is 0 Å². The van der Waals surface area contributed by atoms with Crippen LogP contribution in [0.25, 0.3) is 0 Å². The van der Waals surface area contributed by atoms with Crippen molar-refractivity contribution >= 4 is 5.91 Å². The minimum Gasteiger partial charge on any atom is -0.496 e. The standard InChI is InChI=1S/C26H29NO5/c1-29-23-12-8-7-9-21(23)18-27(26(28)19-32-22-10-5-4-6-11-22)16-15-20-13-14-24(30-2)25(17-20)31-3/h4-14,17H,15-16,18-19H2,1-3H3. The zero-order chi connectivity index (χ0) is 22.8. The van der Waals surface area contributed by atoms with E-state index in [0.29, 0.717) is 36.8 Å². The molecule has 0 spiro atoms. The number of hydrogen-bond donors (Lipinski definition) is 0. The third kappa shape index (κ3) is 6.17. The van der Waals surface area contributed by atoms with Crippen LogP contribution in [-0.4, -0.2) is 45.3 Å². The lowest BCUT2D eigenvalue weighted by Crippen LogP contribution is -2.36. The van der Waals surface area contributed by atoms with E-state index in [0.717, 1.165) is 16.9 Å². The fraction of sp³-hybridized carbons (Fsp3) is 0.269. The van der Waals surface area contributed by atoms with Gasteiger partial charge in [-0.1, -0.05) is 42.5 Å². The van der Waals surface area contributed by atoms with Gasteiger partial charge < -0.3 is 23.8 Å². The Hall–Kier alpha value is -3.67. The molecule has 0 bridgehead atoms. The molecule has 0 fully saturated rings. The monoisotopic (exact) mass is 435 g/mol. The van der Waals surface area contributed by atoms with Gasteiger partial charge in [-0.25, -0.2) is 0 Å². The van der Waals surface area contributed by atoms with Crippen molar-refractivity contribution in [2.45, 2.75) is 13.0 Å². The molecule has 3 aromatic carbocycles. The van der Waals surface area contributed by atoms with Gasteiger partial charge in [-0.3, -0.25) is 4.79 Å². The summed E-state index contributed by atoms with van der Waals surface area (Å²) in [4.78, 5) is 14.9. The highest BCUT2D eigenvalue weighted by atomic mass is 16.5. The lowest BCUT2D eigenvalue weighted by atomic mass is 10.1. The summed E-state index contributed by atoms with van der Waals surface area (Å²) in [6.07, 6.45) is 0.659. The number of rotatable bonds is 11. The molecule has 0 saturated heterocycles. The number of para-hydroxylation sites is 2. The van der Waals surface area contributed by atoms with E-state index in [1.165, 1.54) is 0 Å². The number of hydrogen-bond acceptors (Lipinski definition) is 5. The number of carbonyl (C=O) groups excluding carboxylic acids is 1. The third-order valence-electron chi connectivity index (χ3n) is 5.13. The summed E-state index contributed by atoms with van der Waals surface area (Å²) in [6, 6.07) is 22.8. The summed E-state index contributed by atoms with van der Waals surface area (Å²) < 4.78 is 21.9. The SMILES string of the molecule is COc1ccccc1CN(CCc1ccc(OC)c(OC)c1)C(=O)COc1ccccc1.